The molecule has 2 nitrogen and oxygen atoms in total. The fourth-order valence-corrected chi connectivity index (χ4v) is 1.64. The smallest absolute Gasteiger partial charge is 0.0580 e. The van der Waals surface area contributed by atoms with E-state index in [4.69, 9.17) is 0 Å². The predicted molar refractivity (Wildman–Crippen MR) is 46.5 cm³/mol. The van der Waals surface area contributed by atoms with Gasteiger partial charge in [-0.3, -0.25) is 0 Å². The third-order valence-electron chi connectivity index (χ3n) is 2.41. The van der Waals surface area contributed by atoms with Gasteiger partial charge in [-0.1, -0.05) is 20.3 Å². The molecule has 2 heteroatoms. The number of hydrogen-bond donors (Lipinski definition) is 2. The first-order chi connectivity index (χ1) is 5.20. The largest absolute Gasteiger partial charge is 0.393 e. The lowest BCUT2D eigenvalue weighted by molar-refractivity contribution is 0.130. The minimum absolute atomic E-state index is 0.0405. The summed E-state index contributed by atoms with van der Waals surface area (Å²) in [5.74, 6) is 0.511. The van der Waals surface area contributed by atoms with E-state index in [2.05, 4.69) is 19.2 Å². The van der Waals surface area contributed by atoms with Crippen LogP contribution in [0.3, 0.4) is 0 Å². The molecule has 0 unspecified atom stereocenters. The van der Waals surface area contributed by atoms with Crippen LogP contribution in [0.25, 0.3) is 0 Å². The van der Waals surface area contributed by atoms with E-state index < -0.39 is 0 Å². The number of aliphatic hydroxyl groups is 1. The summed E-state index contributed by atoms with van der Waals surface area (Å²) < 4.78 is 0. The average Bonchev–Trinajstić information content (AvgIpc) is 2.31. The van der Waals surface area contributed by atoms with Crippen molar-refractivity contribution in [3.8, 4) is 0 Å². The molecule has 1 aliphatic carbocycles. The van der Waals surface area contributed by atoms with E-state index in [1.165, 1.54) is 12.8 Å². The zero-order valence-electron chi connectivity index (χ0n) is 7.51. The van der Waals surface area contributed by atoms with Crippen LogP contribution >= 0.6 is 0 Å². The zero-order valence-corrected chi connectivity index (χ0v) is 7.51. The summed E-state index contributed by atoms with van der Waals surface area (Å²) in [4.78, 5) is 0. The van der Waals surface area contributed by atoms with E-state index in [1.807, 2.05) is 0 Å². The molecule has 0 amide bonds. The summed E-state index contributed by atoms with van der Waals surface area (Å²) in [5.41, 5.74) is 0. The van der Waals surface area contributed by atoms with E-state index in [0.29, 0.717) is 12.0 Å². The van der Waals surface area contributed by atoms with Crippen LogP contribution in [-0.4, -0.2) is 23.8 Å². The molecule has 2 atom stereocenters. The normalized spacial score (nSPS) is 31.6. The molecule has 0 heterocycles. The summed E-state index contributed by atoms with van der Waals surface area (Å²) in [6, 6.07) is 0.544. The summed E-state index contributed by atoms with van der Waals surface area (Å²) in [7, 11) is 0. The van der Waals surface area contributed by atoms with Crippen molar-refractivity contribution in [2.75, 3.05) is 6.54 Å². The Morgan fingerprint density at radius 2 is 2.18 bits per heavy atom. The Hall–Kier alpha value is -0.0800. The average molecular weight is 157 g/mol. The number of hydrogen-bond acceptors (Lipinski definition) is 2. The van der Waals surface area contributed by atoms with Crippen molar-refractivity contribution >= 4 is 0 Å². The molecule has 0 aliphatic heterocycles. The molecule has 0 aromatic rings. The first-order valence-corrected chi connectivity index (χ1v) is 4.61. The van der Waals surface area contributed by atoms with Gasteiger partial charge in [0, 0.05) is 12.6 Å². The topological polar surface area (TPSA) is 32.3 Å². The minimum atomic E-state index is -0.0405. The fourth-order valence-electron chi connectivity index (χ4n) is 1.64. The van der Waals surface area contributed by atoms with Crippen LogP contribution in [0.1, 0.15) is 33.1 Å². The maximum absolute atomic E-state index is 9.46. The van der Waals surface area contributed by atoms with Gasteiger partial charge >= 0.3 is 0 Å². The second kappa shape index (κ2) is 4.07. The monoisotopic (exact) mass is 157 g/mol. The van der Waals surface area contributed by atoms with Crippen LogP contribution in [0.5, 0.6) is 0 Å². The molecule has 0 spiro atoms. The molecule has 0 bridgehead atoms. The van der Waals surface area contributed by atoms with Crippen molar-refractivity contribution in [3.05, 3.63) is 0 Å². The van der Waals surface area contributed by atoms with Crippen molar-refractivity contribution in [2.24, 2.45) is 5.92 Å². The molecule has 66 valence electrons. The molecular formula is C9H19NO. The second-order valence-corrected chi connectivity index (χ2v) is 3.82. The number of nitrogens with one attached hydrogen (secondary N) is 1. The van der Waals surface area contributed by atoms with Crippen LogP contribution in [-0.2, 0) is 0 Å². The lowest BCUT2D eigenvalue weighted by atomic mass is 10.1. The van der Waals surface area contributed by atoms with E-state index in [-0.39, 0.29) is 6.10 Å². The molecular weight excluding hydrogens is 138 g/mol. The first kappa shape index (κ1) is 9.01. The Kier molecular flexibility index (Phi) is 3.34. The Labute approximate surface area is 69.0 Å². The summed E-state index contributed by atoms with van der Waals surface area (Å²) in [5, 5.41) is 12.8. The Morgan fingerprint density at radius 1 is 1.45 bits per heavy atom. The van der Waals surface area contributed by atoms with E-state index in [1.54, 1.807) is 0 Å². The first-order valence-electron chi connectivity index (χ1n) is 4.61. The highest BCUT2D eigenvalue weighted by atomic mass is 16.3. The van der Waals surface area contributed by atoms with Crippen molar-refractivity contribution < 1.29 is 5.11 Å². The molecule has 0 aromatic heterocycles. The van der Waals surface area contributed by atoms with Gasteiger partial charge in [-0.05, 0) is 18.8 Å². The lowest BCUT2D eigenvalue weighted by Gasteiger charge is -2.16. The highest BCUT2D eigenvalue weighted by molar-refractivity contribution is 4.78. The van der Waals surface area contributed by atoms with Gasteiger partial charge in [0.15, 0.2) is 0 Å². The molecule has 11 heavy (non-hydrogen) atoms. The lowest BCUT2D eigenvalue weighted by Crippen LogP contribution is -2.32. The summed E-state index contributed by atoms with van der Waals surface area (Å²) in [6.07, 6.45) is 3.36. The molecule has 1 fully saturated rings. The van der Waals surface area contributed by atoms with Gasteiger partial charge in [-0.15, -0.1) is 0 Å². The van der Waals surface area contributed by atoms with Gasteiger partial charge in [-0.25, -0.2) is 0 Å². The Balaban J connectivity index is 2.15. The van der Waals surface area contributed by atoms with Crippen molar-refractivity contribution in [3.63, 3.8) is 0 Å². The van der Waals surface area contributed by atoms with E-state index in [0.717, 1.165) is 13.0 Å². The Bertz CT molecular complexity index is 114. The van der Waals surface area contributed by atoms with Gasteiger partial charge < -0.3 is 10.4 Å². The maximum Gasteiger partial charge on any atom is 0.0580 e. The van der Waals surface area contributed by atoms with Gasteiger partial charge in [-0.2, -0.15) is 0 Å². The van der Waals surface area contributed by atoms with Gasteiger partial charge in [0.05, 0.1) is 6.10 Å². The minimum Gasteiger partial charge on any atom is -0.393 e. The fraction of sp³-hybridized carbons (Fsp3) is 1.00. The molecule has 0 saturated heterocycles. The van der Waals surface area contributed by atoms with E-state index in [9.17, 15) is 5.11 Å². The summed E-state index contributed by atoms with van der Waals surface area (Å²) in [6.45, 7) is 5.27. The second-order valence-electron chi connectivity index (χ2n) is 3.82. The highest BCUT2D eigenvalue weighted by Gasteiger charge is 2.24. The molecule has 1 aliphatic rings. The van der Waals surface area contributed by atoms with Gasteiger partial charge in [0.1, 0.15) is 0 Å². The van der Waals surface area contributed by atoms with Gasteiger partial charge in [0.25, 0.3) is 0 Å². The maximum atomic E-state index is 9.46. The highest BCUT2D eigenvalue weighted by Crippen LogP contribution is 2.24. The van der Waals surface area contributed by atoms with Crippen molar-refractivity contribution in [1.29, 1.82) is 0 Å². The van der Waals surface area contributed by atoms with Crippen LogP contribution in [0.2, 0.25) is 0 Å². The third-order valence-corrected chi connectivity index (χ3v) is 2.41. The standard InChI is InChI=1S/C9H19NO/c1-7(2)10-6-8-4-3-5-9(8)11/h7-11H,3-6H2,1-2H3/t8-,9+/m1/s1. The van der Waals surface area contributed by atoms with Crippen molar-refractivity contribution in [1.82, 2.24) is 5.32 Å². The van der Waals surface area contributed by atoms with Crippen molar-refractivity contribution in [2.45, 2.75) is 45.3 Å². The van der Waals surface area contributed by atoms with Crippen LogP contribution in [0.15, 0.2) is 0 Å². The number of rotatable bonds is 3. The molecule has 1 rings (SSSR count). The molecule has 2 N–H and O–H groups in total. The van der Waals surface area contributed by atoms with Gasteiger partial charge in [0.2, 0.25) is 0 Å². The quantitative estimate of drug-likeness (QED) is 0.644. The predicted octanol–water partition coefficient (Wildman–Crippen LogP) is 1.15. The van der Waals surface area contributed by atoms with Crippen LogP contribution in [0.4, 0.5) is 0 Å². The summed E-state index contributed by atoms with van der Waals surface area (Å²) >= 11 is 0. The number of aliphatic hydroxyl groups excluding tert-OH is 1. The Morgan fingerprint density at radius 3 is 2.64 bits per heavy atom. The SMILES string of the molecule is CC(C)NC[C@H]1CCC[C@@H]1O. The third kappa shape index (κ3) is 2.80. The van der Waals surface area contributed by atoms with E-state index >= 15 is 0 Å². The molecule has 0 aromatic carbocycles. The zero-order chi connectivity index (χ0) is 8.27. The van der Waals surface area contributed by atoms with Crippen LogP contribution < -0.4 is 5.32 Å². The van der Waals surface area contributed by atoms with Crippen LogP contribution in [0, 0.1) is 5.92 Å². The molecule has 1 saturated carbocycles. The molecule has 0 radical (unpaired) electrons.